The van der Waals surface area contributed by atoms with Crippen molar-refractivity contribution in [3.63, 3.8) is 0 Å². The van der Waals surface area contributed by atoms with Gasteiger partial charge in [-0.05, 0) is 61.7 Å². The van der Waals surface area contributed by atoms with Crippen LogP contribution < -0.4 is 9.46 Å². The second-order valence-corrected chi connectivity index (χ2v) is 8.04. The first-order valence-electron chi connectivity index (χ1n) is 8.56. The monoisotopic (exact) mass is 391 g/mol. The van der Waals surface area contributed by atoms with E-state index in [0.717, 1.165) is 18.4 Å². The third kappa shape index (κ3) is 4.78. The Morgan fingerprint density at radius 2 is 2.00 bits per heavy atom. The highest BCUT2D eigenvalue weighted by Gasteiger charge is 2.22. The van der Waals surface area contributed by atoms with Gasteiger partial charge < -0.3 is 14.6 Å². The van der Waals surface area contributed by atoms with Crippen LogP contribution in [0.3, 0.4) is 0 Å². The number of hydrogen-bond donors (Lipinski definition) is 2. The van der Waals surface area contributed by atoms with Crippen LogP contribution >= 0.6 is 0 Å². The van der Waals surface area contributed by atoms with Crippen LogP contribution in [-0.4, -0.2) is 38.8 Å². The zero-order valence-electron chi connectivity index (χ0n) is 14.8. The second kappa shape index (κ2) is 7.98. The van der Waals surface area contributed by atoms with E-state index in [-0.39, 0.29) is 28.0 Å². The highest BCUT2D eigenvalue weighted by atomic mass is 32.2. The maximum Gasteiger partial charge on any atom is 0.335 e. The summed E-state index contributed by atoms with van der Waals surface area (Å²) in [7, 11) is -3.91. The van der Waals surface area contributed by atoms with Gasteiger partial charge in [0, 0.05) is 12.3 Å². The van der Waals surface area contributed by atoms with E-state index in [1.165, 1.54) is 24.3 Å². The zero-order valence-corrected chi connectivity index (χ0v) is 15.7. The molecule has 0 aliphatic carbocycles. The molecule has 0 aromatic heterocycles. The molecule has 0 spiro atoms. The predicted octanol–water partition coefficient (Wildman–Crippen LogP) is 3.05. The smallest absolute Gasteiger partial charge is 0.335 e. The van der Waals surface area contributed by atoms with Crippen molar-refractivity contribution in [2.45, 2.75) is 30.8 Å². The normalized spacial score (nSPS) is 16.9. The van der Waals surface area contributed by atoms with Crippen LogP contribution in [0.2, 0.25) is 0 Å². The summed E-state index contributed by atoms with van der Waals surface area (Å²) in [5.41, 5.74) is 1.13. The molecular formula is C19H21NO6S. The number of carboxylic acid groups (broad SMARTS) is 1. The SMILES string of the molecule is Cc1ccc(OC[C@@H]2CCCO2)c(S(=O)(=O)Nc2ccc(C(=O)O)cc2)c1. The molecular weight excluding hydrogens is 370 g/mol. The number of aryl methyl sites for hydroxylation is 1. The van der Waals surface area contributed by atoms with E-state index in [4.69, 9.17) is 14.6 Å². The van der Waals surface area contributed by atoms with Gasteiger partial charge in [0.25, 0.3) is 10.0 Å². The first-order chi connectivity index (χ1) is 12.8. The third-order valence-corrected chi connectivity index (χ3v) is 5.62. The van der Waals surface area contributed by atoms with Crippen LogP contribution in [-0.2, 0) is 14.8 Å². The van der Waals surface area contributed by atoms with Gasteiger partial charge in [-0.15, -0.1) is 0 Å². The average Bonchev–Trinajstić information content (AvgIpc) is 3.14. The number of aromatic carboxylic acids is 1. The van der Waals surface area contributed by atoms with Gasteiger partial charge in [-0.3, -0.25) is 4.72 Å². The van der Waals surface area contributed by atoms with E-state index in [1.54, 1.807) is 25.1 Å². The van der Waals surface area contributed by atoms with Crippen LogP contribution in [0.15, 0.2) is 47.4 Å². The molecule has 0 radical (unpaired) electrons. The number of ether oxygens (including phenoxy) is 2. The van der Waals surface area contributed by atoms with Crippen molar-refractivity contribution in [1.29, 1.82) is 0 Å². The number of rotatable bonds is 7. The van der Waals surface area contributed by atoms with Gasteiger partial charge >= 0.3 is 5.97 Å². The zero-order chi connectivity index (χ0) is 19.4. The number of anilines is 1. The van der Waals surface area contributed by atoms with Crippen LogP contribution in [0, 0.1) is 6.92 Å². The van der Waals surface area contributed by atoms with Gasteiger partial charge in [0.2, 0.25) is 0 Å². The highest BCUT2D eigenvalue weighted by Crippen LogP contribution is 2.28. The summed E-state index contributed by atoms with van der Waals surface area (Å²) in [6.45, 7) is 2.78. The van der Waals surface area contributed by atoms with Crippen molar-refractivity contribution in [1.82, 2.24) is 0 Å². The minimum absolute atomic E-state index is 0.0293. The lowest BCUT2D eigenvalue weighted by atomic mass is 10.2. The molecule has 1 aliphatic rings. The number of carboxylic acids is 1. The van der Waals surface area contributed by atoms with E-state index in [1.807, 2.05) is 0 Å². The second-order valence-electron chi connectivity index (χ2n) is 6.38. The fourth-order valence-corrected chi connectivity index (χ4v) is 4.08. The lowest BCUT2D eigenvalue weighted by Gasteiger charge is -2.16. The first kappa shape index (κ1) is 19.2. The topological polar surface area (TPSA) is 102 Å². The molecule has 8 heteroatoms. The Labute approximate surface area is 158 Å². The Morgan fingerprint density at radius 1 is 1.26 bits per heavy atom. The maximum absolute atomic E-state index is 12.9. The first-order valence-corrected chi connectivity index (χ1v) is 10.0. The molecule has 0 amide bonds. The molecule has 1 fully saturated rings. The maximum atomic E-state index is 12.9. The lowest BCUT2D eigenvalue weighted by molar-refractivity contribution is 0.0669. The molecule has 1 saturated heterocycles. The molecule has 1 heterocycles. The fourth-order valence-electron chi connectivity index (χ4n) is 2.79. The van der Waals surface area contributed by atoms with Crippen molar-refractivity contribution >= 4 is 21.7 Å². The Hall–Kier alpha value is -2.58. The van der Waals surface area contributed by atoms with Gasteiger partial charge in [0.1, 0.15) is 17.3 Å². The molecule has 7 nitrogen and oxygen atoms in total. The van der Waals surface area contributed by atoms with Crippen molar-refractivity contribution in [2.24, 2.45) is 0 Å². The van der Waals surface area contributed by atoms with Crippen molar-refractivity contribution in [3.8, 4) is 5.75 Å². The molecule has 0 bridgehead atoms. The Balaban J connectivity index is 1.81. The number of nitrogens with one attached hydrogen (secondary N) is 1. The number of benzene rings is 2. The van der Waals surface area contributed by atoms with Gasteiger partial charge in [0.05, 0.1) is 11.7 Å². The molecule has 144 valence electrons. The molecule has 2 N–H and O–H groups in total. The van der Waals surface area contributed by atoms with Gasteiger partial charge in [-0.25, -0.2) is 13.2 Å². The molecule has 1 aliphatic heterocycles. The van der Waals surface area contributed by atoms with E-state index in [9.17, 15) is 13.2 Å². The van der Waals surface area contributed by atoms with Gasteiger partial charge in [-0.2, -0.15) is 0 Å². The van der Waals surface area contributed by atoms with Crippen LogP contribution in [0.1, 0.15) is 28.8 Å². The summed E-state index contributed by atoms with van der Waals surface area (Å²) in [6.07, 6.45) is 1.83. The van der Waals surface area contributed by atoms with Crippen molar-refractivity contribution in [2.75, 3.05) is 17.9 Å². The van der Waals surface area contributed by atoms with Crippen LogP contribution in [0.4, 0.5) is 5.69 Å². The highest BCUT2D eigenvalue weighted by molar-refractivity contribution is 7.92. The lowest BCUT2D eigenvalue weighted by Crippen LogP contribution is -2.19. The molecule has 0 unspecified atom stereocenters. The van der Waals surface area contributed by atoms with Crippen LogP contribution in [0.5, 0.6) is 5.75 Å². The summed E-state index contributed by atoms with van der Waals surface area (Å²) in [6, 6.07) is 10.4. The predicted molar refractivity (Wildman–Crippen MR) is 99.9 cm³/mol. The summed E-state index contributed by atoms with van der Waals surface area (Å²) in [5.74, 6) is -0.821. The molecule has 2 aromatic carbocycles. The minimum atomic E-state index is -3.91. The largest absolute Gasteiger partial charge is 0.489 e. The van der Waals surface area contributed by atoms with E-state index < -0.39 is 16.0 Å². The Kier molecular flexibility index (Phi) is 5.67. The molecule has 1 atom stereocenters. The van der Waals surface area contributed by atoms with E-state index in [2.05, 4.69) is 4.72 Å². The molecule has 27 heavy (non-hydrogen) atoms. The Bertz CT molecular complexity index is 918. The van der Waals surface area contributed by atoms with Crippen molar-refractivity contribution < 1.29 is 27.8 Å². The van der Waals surface area contributed by atoms with Gasteiger partial charge in [0.15, 0.2) is 0 Å². The summed E-state index contributed by atoms with van der Waals surface area (Å²) >= 11 is 0. The van der Waals surface area contributed by atoms with E-state index in [0.29, 0.717) is 13.2 Å². The quantitative estimate of drug-likeness (QED) is 0.752. The number of sulfonamides is 1. The Morgan fingerprint density at radius 3 is 2.63 bits per heavy atom. The minimum Gasteiger partial charge on any atom is -0.489 e. The summed E-state index contributed by atoms with van der Waals surface area (Å²) < 4.78 is 39.4. The molecule has 3 rings (SSSR count). The number of hydrogen-bond acceptors (Lipinski definition) is 5. The van der Waals surface area contributed by atoms with E-state index >= 15 is 0 Å². The third-order valence-electron chi connectivity index (χ3n) is 4.22. The average molecular weight is 391 g/mol. The fraction of sp³-hybridized carbons (Fsp3) is 0.316. The van der Waals surface area contributed by atoms with Crippen molar-refractivity contribution in [3.05, 3.63) is 53.6 Å². The van der Waals surface area contributed by atoms with Crippen LogP contribution in [0.25, 0.3) is 0 Å². The number of carbonyl (C=O) groups is 1. The summed E-state index contributed by atoms with van der Waals surface area (Å²) in [4.78, 5) is 10.9. The standard InChI is InChI=1S/C19H21NO6S/c1-13-4-9-17(26-12-16-3-2-10-25-16)18(11-13)27(23,24)20-15-7-5-14(6-8-15)19(21)22/h4-9,11,16,20H,2-3,10,12H2,1H3,(H,21,22)/t16-/m0/s1. The van der Waals surface area contributed by atoms with Gasteiger partial charge in [-0.1, -0.05) is 6.07 Å². The summed E-state index contributed by atoms with van der Waals surface area (Å²) in [5, 5.41) is 8.94. The molecule has 0 saturated carbocycles. The molecule has 2 aromatic rings.